The third-order valence-corrected chi connectivity index (χ3v) is 4.96. The van der Waals surface area contributed by atoms with Gasteiger partial charge >= 0.3 is 0 Å². The van der Waals surface area contributed by atoms with Crippen molar-refractivity contribution in [2.24, 2.45) is 0 Å². The maximum Gasteiger partial charge on any atom is 0.255 e. The lowest BCUT2D eigenvalue weighted by atomic mass is 9.83. The van der Waals surface area contributed by atoms with Crippen LogP contribution in [-0.2, 0) is 6.42 Å². The smallest absolute Gasteiger partial charge is 0.255 e. The van der Waals surface area contributed by atoms with E-state index in [1.54, 1.807) is 12.3 Å². The topological polar surface area (TPSA) is 60.1 Å². The summed E-state index contributed by atoms with van der Waals surface area (Å²) < 4.78 is 7.61. The van der Waals surface area contributed by atoms with Gasteiger partial charge in [-0.25, -0.2) is 4.98 Å². The molecule has 0 spiro atoms. The second-order valence-electron chi connectivity index (χ2n) is 6.59. The van der Waals surface area contributed by atoms with Gasteiger partial charge in [0.1, 0.15) is 11.5 Å². The van der Waals surface area contributed by atoms with Gasteiger partial charge < -0.3 is 14.3 Å². The Morgan fingerprint density at radius 2 is 2.16 bits per heavy atom. The molecule has 0 aliphatic heterocycles. The second kappa shape index (κ2) is 6.24. The van der Waals surface area contributed by atoms with Crippen LogP contribution in [0.5, 0.6) is 0 Å². The highest BCUT2D eigenvalue weighted by molar-refractivity contribution is 5.95. The summed E-state index contributed by atoms with van der Waals surface area (Å²) in [5.41, 5.74) is 3.08. The molecule has 0 fully saturated rings. The molecule has 0 bridgehead atoms. The number of hydrogen-bond acceptors (Lipinski definition) is 3. The van der Waals surface area contributed by atoms with E-state index >= 15 is 0 Å². The first-order valence-corrected chi connectivity index (χ1v) is 8.56. The Bertz CT molecular complexity index is 896. The van der Waals surface area contributed by atoms with E-state index in [0.29, 0.717) is 11.3 Å². The largest absolute Gasteiger partial charge is 0.466 e. The van der Waals surface area contributed by atoms with Gasteiger partial charge in [-0.05, 0) is 43.9 Å². The maximum absolute atomic E-state index is 12.9. The standard InChI is InChI=1S/C20H21N3O2/c1-13-11-17(14(2)25-13)20(24)22-19-16-6-4-3-5-15(16)7-8-18(19)23-10-9-21-12-23/h3-6,9-12,18-19H,7-8H2,1-2H3,(H,22,24)/t18-,19+/m1/s1. The number of nitrogens with one attached hydrogen (secondary N) is 1. The Morgan fingerprint density at radius 1 is 1.32 bits per heavy atom. The quantitative estimate of drug-likeness (QED) is 0.793. The summed E-state index contributed by atoms with van der Waals surface area (Å²) in [6.07, 6.45) is 7.52. The van der Waals surface area contributed by atoms with Crippen molar-refractivity contribution >= 4 is 5.91 Å². The van der Waals surface area contributed by atoms with Crippen LogP contribution in [0, 0.1) is 13.8 Å². The summed E-state index contributed by atoms with van der Waals surface area (Å²) in [6.45, 7) is 3.68. The first-order chi connectivity index (χ1) is 12.1. The van der Waals surface area contributed by atoms with Crippen LogP contribution in [0.1, 0.15) is 51.5 Å². The van der Waals surface area contributed by atoms with Crippen molar-refractivity contribution in [3.05, 3.63) is 77.3 Å². The third-order valence-electron chi connectivity index (χ3n) is 4.96. The van der Waals surface area contributed by atoms with Gasteiger partial charge in [0, 0.05) is 12.4 Å². The van der Waals surface area contributed by atoms with Crippen molar-refractivity contribution in [2.75, 3.05) is 0 Å². The molecule has 4 rings (SSSR count). The fourth-order valence-electron chi connectivity index (χ4n) is 3.78. The van der Waals surface area contributed by atoms with Crippen LogP contribution in [0.25, 0.3) is 0 Å². The second-order valence-corrected chi connectivity index (χ2v) is 6.59. The number of amides is 1. The fraction of sp³-hybridized carbons (Fsp3) is 0.300. The van der Waals surface area contributed by atoms with Gasteiger partial charge in [0.05, 0.1) is 24.0 Å². The zero-order chi connectivity index (χ0) is 17.4. The lowest BCUT2D eigenvalue weighted by molar-refractivity contribution is 0.0916. The lowest BCUT2D eigenvalue weighted by Crippen LogP contribution is -2.37. The van der Waals surface area contributed by atoms with Crippen LogP contribution >= 0.6 is 0 Å². The molecule has 1 aliphatic carbocycles. The van der Waals surface area contributed by atoms with Crippen LogP contribution in [0.4, 0.5) is 0 Å². The van der Waals surface area contributed by atoms with Crippen LogP contribution in [-0.4, -0.2) is 15.5 Å². The van der Waals surface area contributed by atoms with E-state index in [1.165, 1.54) is 11.1 Å². The molecule has 0 unspecified atom stereocenters. The average molecular weight is 335 g/mol. The molecule has 5 nitrogen and oxygen atoms in total. The summed E-state index contributed by atoms with van der Waals surface area (Å²) >= 11 is 0. The van der Waals surface area contributed by atoms with Gasteiger partial charge in [-0.1, -0.05) is 24.3 Å². The van der Waals surface area contributed by atoms with Gasteiger partial charge in [-0.3, -0.25) is 4.79 Å². The number of rotatable bonds is 3. The molecular formula is C20H21N3O2. The van der Waals surface area contributed by atoms with E-state index in [9.17, 15) is 4.79 Å². The molecule has 2 aromatic heterocycles. The molecule has 1 N–H and O–H groups in total. The first kappa shape index (κ1) is 15.7. The van der Waals surface area contributed by atoms with Gasteiger partial charge in [0.2, 0.25) is 0 Å². The zero-order valence-corrected chi connectivity index (χ0v) is 14.4. The molecule has 0 radical (unpaired) electrons. The minimum atomic E-state index is -0.0961. The van der Waals surface area contributed by atoms with Crippen molar-refractivity contribution in [1.29, 1.82) is 0 Å². The number of fused-ring (bicyclic) bond motifs is 1. The molecule has 2 atom stereocenters. The summed E-state index contributed by atoms with van der Waals surface area (Å²) in [5, 5.41) is 3.24. The van der Waals surface area contributed by atoms with Gasteiger partial charge in [0.15, 0.2) is 0 Å². The van der Waals surface area contributed by atoms with E-state index in [0.717, 1.165) is 18.6 Å². The van der Waals surface area contributed by atoms with E-state index in [-0.39, 0.29) is 18.0 Å². The van der Waals surface area contributed by atoms with E-state index in [2.05, 4.69) is 33.1 Å². The molecule has 2 heterocycles. The number of hydrogen-bond donors (Lipinski definition) is 1. The van der Waals surface area contributed by atoms with Crippen LogP contribution in [0.15, 0.2) is 53.5 Å². The number of nitrogens with zero attached hydrogens (tertiary/aromatic N) is 2. The normalized spacial score (nSPS) is 19.4. The third kappa shape index (κ3) is 2.86. The number of furan rings is 1. The number of aromatic nitrogens is 2. The molecule has 5 heteroatoms. The minimum absolute atomic E-state index is 0.0961. The summed E-state index contributed by atoms with van der Waals surface area (Å²) in [7, 11) is 0. The number of carbonyl (C=O) groups is 1. The van der Waals surface area contributed by atoms with Crippen molar-refractivity contribution in [3.8, 4) is 0 Å². The van der Waals surface area contributed by atoms with E-state index in [1.807, 2.05) is 32.4 Å². The minimum Gasteiger partial charge on any atom is -0.466 e. The molecule has 1 aromatic carbocycles. The van der Waals surface area contributed by atoms with Gasteiger partial charge in [-0.2, -0.15) is 0 Å². The van der Waals surface area contributed by atoms with Crippen molar-refractivity contribution < 1.29 is 9.21 Å². The number of aryl methyl sites for hydroxylation is 3. The van der Waals surface area contributed by atoms with Crippen LogP contribution < -0.4 is 5.32 Å². The highest BCUT2D eigenvalue weighted by Gasteiger charge is 2.32. The predicted molar refractivity (Wildman–Crippen MR) is 94.4 cm³/mol. The summed E-state index contributed by atoms with van der Waals surface area (Å²) in [5.74, 6) is 1.30. The molecule has 1 amide bonds. The number of imidazole rings is 1. The molecular weight excluding hydrogens is 314 g/mol. The zero-order valence-electron chi connectivity index (χ0n) is 14.4. The van der Waals surface area contributed by atoms with Crippen molar-refractivity contribution in [1.82, 2.24) is 14.9 Å². The molecule has 128 valence electrons. The van der Waals surface area contributed by atoms with Crippen molar-refractivity contribution in [3.63, 3.8) is 0 Å². The Labute approximate surface area is 146 Å². The fourth-order valence-corrected chi connectivity index (χ4v) is 3.78. The maximum atomic E-state index is 12.9. The Hall–Kier alpha value is -2.82. The molecule has 0 saturated heterocycles. The van der Waals surface area contributed by atoms with E-state index < -0.39 is 0 Å². The first-order valence-electron chi connectivity index (χ1n) is 8.56. The number of carbonyl (C=O) groups excluding carboxylic acids is 1. The highest BCUT2D eigenvalue weighted by atomic mass is 16.3. The Kier molecular flexibility index (Phi) is 3.92. The van der Waals surface area contributed by atoms with Crippen LogP contribution in [0.3, 0.4) is 0 Å². The lowest BCUT2D eigenvalue weighted by Gasteiger charge is -2.35. The summed E-state index contributed by atoms with van der Waals surface area (Å²) in [4.78, 5) is 17.1. The predicted octanol–water partition coefficient (Wildman–Crippen LogP) is 3.75. The van der Waals surface area contributed by atoms with Crippen molar-refractivity contribution in [2.45, 2.75) is 38.8 Å². The number of benzene rings is 1. The summed E-state index contributed by atoms with van der Waals surface area (Å²) in [6, 6.07) is 10.2. The molecule has 3 aromatic rings. The van der Waals surface area contributed by atoms with Crippen LogP contribution in [0.2, 0.25) is 0 Å². The van der Waals surface area contributed by atoms with Gasteiger partial charge in [-0.15, -0.1) is 0 Å². The Balaban J connectivity index is 1.70. The average Bonchev–Trinajstić information content (AvgIpc) is 3.24. The Morgan fingerprint density at radius 3 is 2.88 bits per heavy atom. The van der Waals surface area contributed by atoms with Gasteiger partial charge in [0.25, 0.3) is 5.91 Å². The molecule has 1 aliphatic rings. The van der Waals surface area contributed by atoms with E-state index in [4.69, 9.17) is 4.42 Å². The SMILES string of the molecule is Cc1cc(C(=O)N[C@H]2c3ccccc3CC[C@H]2n2ccnc2)c(C)o1. The monoisotopic (exact) mass is 335 g/mol. The molecule has 25 heavy (non-hydrogen) atoms. The highest BCUT2D eigenvalue weighted by Crippen LogP contribution is 2.37. The molecule has 0 saturated carbocycles.